The van der Waals surface area contributed by atoms with Crippen molar-refractivity contribution in [2.75, 3.05) is 13.0 Å². The number of methoxy groups -OCH3 is 1. The van der Waals surface area contributed by atoms with E-state index in [0.717, 1.165) is 42.7 Å². The Morgan fingerprint density at radius 1 is 1.48 bits per heavy atom. The van der Waals surface area contributed by atoms with Crippen LogP contribution in [-0.4, -0.2) is 28.1 Å². The third-order valence-electron chi connectivity index (χ3n) is 4.42. The maximum atomic E-state index is 9.11. The summed E-state index contributed by atoms with van der Waals surface area (Å²) in [4.78, 5) is 4.67. The molecular formula is C16H18ClN3O. The molecule has 5 heteroatoms. The van der Waals surface area contributed by atoms with E-state index in [0.29, 0.717) is 11.4 Å². The van der Waals surface area contributed by atoms with Crippen molar-refractivity contribution >= 4 is 22.6 Å². The van der Waals surface area contributed by atoms with Crippen LogP contribution in [0.5, 0.6) is 0 Å². The summed E-state index contributed by atoms with van der Waals surface area (Å²) in [6.45, 7) is 0.779. The Hall–Kier alpha value is -1.57. The first-order valence-electron chi connectivity index (χ1n) is 7.22. The largest absolute Gasteiger partial charge is 0.376 e. The van der Waals surface area contributed by atoms with Gasteiger partial charge in [-0.3, -0.25) is 0 Å². The van der Waals surface area contributed by atoms with Crippen molar-refractivity contribution in [1.29, 1.82) is 5.26 Å². The van der Waals surface area contributed by atoms with Crippen molar-refractivity contribution in [2.45, 2.75) is 37.8 Å². The van der Waals surface area contributed by atoms with Gasteiger partial charge in [-0.05, 0) is 37.5 Å². The number of imidazole rings is 1. The molecule has 0 radical (unpaired) electrons. The molecule has 1 aromatic heterocycles. The molecule has 0 N–H and O–H groups in total. The van der Waals surface area contributed by atoms with Gasteiger partial charge in [-0.15, -0.1) is 11.6 Å². The first kappa shape index (κ1) is 14.4. The number of fused-ring (bicyclic) bond motifs is 1. The van der Waals surface area contributed by atoms with Gasteiger partial charge in [0.05, 0.1) is 34.8 Å². The van der Waals surface area contributed by atoms with Crippen LogP contribution in [0.2, 0.25) is 0 Å². The zero-order valence-corrected chi connectivity index (χ0v) is 12.9. The van der Waals surface area contributed by atoms with E-state index in [-0.39, 0.29) is 5.60 Å². The van der Waals surface area contributed by atoms with E-state index in [1.54, 1.807) is 13.2 Å². The second kappa shape index (κ2) is 5.67. The normalized spacial score (nSPS) is 16.6. The highest BCUT2D eigenvalue weighted by Crippen LogP contribution is 2.37. The van der Waals surface area contributed by atoms with Gasteiger partial charge in [0.1, 0.15) is 5.82 Å². The molecule has 0 atom stereocenters. The monoisotopic (exact) mass is 303 g/mol. The molecule has 0 bridgehead atoms. The predicted molar refractivity (Wildman–Crippen MR) is 82.5 cm³/mol. The van der Waals surface area contributed by atoms with Gasteiger partial charge in [0.15, 0.2) is 0 Å². The second-order valence-electron chi connectivity index (χ2n) is 5.61. The Kier molecular flexibility index (Phi) is 3.88. The van der Waals surface area contributed by atoms with Crippen molar-refractivity contribution in [3.63, 3.8) is 0 Å². The zero-order chi connectivity index (χ0) is 14.9. The number of halogens is 1. The van der Waals surface area contributed by atoms with Crippen LogP contribution in [0.15, 0.2) is 18.2 Å². The Balaban J connectivity index is 2.08. The SMILES string of the molecule is COC1(Cn2c(CCCl)nc3ccc(C#N)cc32)CCC1. The number of aromatic nitrogens is 2. The highest BCUT2D eigenvalue weighted by Gasteiger charge is 2.38. The van der Waals surface area contributed by atoms with Crippen LogP contribution in [0, 0.1) is 11.3 Å². The number of hydrogen-bond acceptors (Lipinski definition) is 3. The summed E-state index contributed by atoms with van der Waals surface area (Å²) in [7, 11) is 1.78. The molecule has 1 heterocycles. The van der Waals surface area contributed by atoms with Crippen molar-refractivity contribution < 1.29 is 4.74 Å². The standard InChI is InChI=1S/C16H18ClN3O/c1-21-16(6-2-7-16)11-20-14-9-12(10-18)3-4-13(14)19-15(20)5-8-17/h3-4,9H,2,5-8,11H2,1H3. The van der Waals surface area contributed by atoms with E-state index in [9.17, 15) is 0 Å². The van der Waals surface area contributed by atoms with Crippen molar-refractivity contribution in [2.24, 2.45) is 0 Å². The lowest BCUT2D eigenvalue weighted by Gasteiger charge is -2.41. The predicted octanol–water partition coefficient (Wildman–Crippen LogP) is 3.26. The number of nitrogens with zero attached hydrogens (tertiary/aromatic N) is 3. The van der Waals surface area contributed by atoms with Crippen LogP contribution in [0.25, 0.3) is 11.0 Å². The fraction of sp³-hybridized carbons (Fsp3) is 0.500. The summed E-state index contributed by atoms with van der Waals surface area (Å²) in [6, 6.07) is 7.81. The van der Waals surface area contributed by atoms with Gasteiger partial charge >= 0.3 is 0 Å². The van der Waals surface area contributed by atoms with Gasteiger partial charge in [-0.25, -0.2) is 4.98 Å². The van der Waals surface area contributed by atoms with Crippen LogP contribution in [0.1, 0.15) is 30.7 Å². The van der Waals surface area contributed by atoms with Crippen LogP contribution in [-0.2, 0) is 17.7 Å². The number of alkyl halides is 1. The average Bonchev–Trinajstić information content (AvgIpc) is 2.80. The smallest absolute Gasteiger partial charge is 0.111 e. The molecule has 1 aromatic carbocycles. The van der Waals surface area contributed by atoms with Crippen molar-refractivity contribution in [1.82, 2.24) is 9.55 Å². The van der Waals surface area contributed by atoms with Crippen molar-refractivity contribution in [3.05, 3.63) is 29.6 Å². The highest BCUT2D eigenvalue weighted by molar-refractivity contribution is 6.17. The zero-order valence-electron chi connectivity index (χ0n) is 12.1. The highest BCUT2D eigenvalue weighted by atomic mass is 35.5. The molecule has 0 saturated heterocycles. The molecule has 21 heavy (non-hydrogen) atoms. The van der Waals surface area contributed by atoms with E-state index in [1.807, 2.05) is 12.1 Å². The van der Waals surface area contributed by atoms with Crippen LogP contribution in [0.4, 0.5) is 0 Å². The van der Waals surface area contributed by atoms with Gasteiger partial charge < -0.3 is 9.30 Å². The van der Waals surface area contributed by atoms with Gasteiger partial charge in [0.2, 0.25) is 0 Å². The topological polar surface area (TPSA) is 50.8 Å². The van der Waals surface area contributed by atoms with Crippen molar-refractivity contribution in [3.8, 4) is 6.07 Å². The van der Waals surface area contributed by atoms with Crippen LogP contribution < -0.4 is 0 Å². The number of rotatable bonds is 5. The summed E-state index contributed by atoms with van der Waals surface area (Å²) >= 11 is 5.91. The number of aryl methyl sites for hydroxylation is 1. The first-order chi connectivity index (χ1) is 10.2. The molecule has 0 unspecified atom stereocenters. The van der Waals surface area contributed by atoms with Gasteiger partial charge in [0.25, 0.3) is 0 Å². The molecule has 1 saturated carbocycles. The molecule has 4 nitrogen and oxygen atoms in total. The number of ether oxygens (including phenoxy) is 1. The maximum Gasteiger partial charge on any atom is 0.111 e. The third-order valence-corrected chi connectivity index (χ3v) is 4.61. The molecule has 1 aliphatic rings. The lowest BCUT2D eigenvalue weighted by Crippen LogP contribution is -2.43. The Labute approximate surface area is 129 Å². The lowest BCUT2D eigenvalue weighted by molar-refractivity contribution is -0.0832. The summed E-state index contributed by atoms with van der Waals surface area (Å²) < 4.78 is 7.92. The minimum atomic E-state index is -0.0860. The number of benzene rings is 1. The van der Waals surface area contributed by atoms with E-state index in [2.05, 4.69) is 15.6 Å². The first-order valence-corrected chi connectivity index (χ1v) is 7.75. The van der Waals surface area contributed by atoms with E-state index in [1.165, 1.54) is 6.42 Å². The summed E-state index contributed by atoms with van der Waals surface area (Å²) in [6.07, 6.45) is 4.07. The van der Waals surface area contributed by atoms with Gasteiger partial charge in [-0.1, -0.05) is 0 Å². The molecule has 0 spiro atoms. The van der Waals surface area contributed by atoms with Crippen LogP contribution >= 0.6 is 11.6 Å². The summed E-state index contributed by atoms with van der Waals surface area (Å²) in [5.41, 5.74) is 2.48. The second-order valence-corrected chi connectivity index (χ2v) is 5.99. The maximum absolute atomic E-state index is 9.11. The van der Waals surface area contributed by atoms with E-state index < -0.39 is 0 Å². The molecule has 3 rings (SSSR count). The Morgan fingerprint density at radius 3 is 2.86 bits per heavy atom. The van der Waals surface area contributed by atoms with Gasteiger partial charge in [-0.2, -0.15) is 5.26 Å². The minimum absolute atomic E-state index is 0.0860. The third kappa shape index (κ3) is 2.52. The fourth-order valence-corrected chi connectivity index (χ4v) is 3.15. The van der Waals surface area contributed by atoms with E-state index in [4.69, 9.17) is 21.6 Å². The molecule has 1 fully saturated rings. The molecule has 0 amide bonds. The molecular weight excluding hydrogens is 286 g/mol. The Bertz CT molecular complexity index is 692. The summed E-state index contributed by atoms with van der Waals surface area (Å²) in [5, 5.41) is 9.11. The van der Waals surface area contributed by atoms with Crippen LogP contribution in [0.3, 0.4) is 0 Å². The average molecular weight is 304 g/mol. The van der Waals surface area contributed by atoms with Gasteiger partial charge in [0, 0.05) is 19.4 Å². The molecule has 1 aliphatic carbocycles. The molecule has 2 aromatic rings. The lowest BCUT2D eigenvalue weighted by atomic mass is 9.80. The minimum Gasteiger partial charge on any atom is -0.376 e. The van der Waals surface area contributed by atoms with E-state index >= 15 is 0 Å². The number of nitriles is 1. The quantitative estimate of drug-likeness (QED) is 0.797. The molecule has 0 aliphatic heterocycles. The number of hydrogen-bond donors (Lipinski definition) is 0. The fourth-order valence-electron chi connectivity index (χ4n) is 2.98. The molecule has 110 valence electrons. The Morgan fingerprint density at radius 2 is 2.29 bits per heavy atom. The summed E-state index contributed by atoms with van der Waals surface area (Å²) in [5.74, 6) is 1.51.